The van der Waals surface area contributed by atoms with Crippen LogP contribution >= 0.6 is 7.82 Å². The number of phosphoric acid groups is 1. The van der Waals surface area contributed by atoms with Gasteiger partial charge in [-0.25, -0.2) is 23.6 Å². The van der Waals surface area contributed by atoms with Crippen LogP contribution in [-0.4, -0.2) is 104 Å². The number of nitrogens with zero attached hydrogens (tertiary/aromatic N) is 1. The highest BCUT2D eigenvalue weighted by atomic mass is 31.2. The fourth-order valence-electron chi connectivity index (χ4n) is 4.72. The molecule has 45 heavy (non-hydrogen) atoms. The van der Waals surface area contributed by atoms with Crippen LogP contribution in [0.4, 0.5) is 4.79 Å². The average molecular weight is 668 g/mol. The fourth-order valence-corrected chi connectivity index (χ4v) is 6.16. The quantitative estimate of drug-likeness (QED) is 0.0945. The lowest BCUT2D eigenvalue weighted by atomic mass is 9.88. The first kappa shape index (κ1) is 38.1. The molecule has 2 unspecified atom stereocenters. The Kier molecular flexibility index (Phi) is 14.4. The largest absolute Gasteiger partial charge is 0.477 e. The summed E-state index contributed by atoms with van der Waals surface area (Å²) in [4.78, 5) is 75.8. The van der Waals surface area contributed by atoms with Gasteiger partial charge in [0.1, 0.15) is 24.9 Å². The van der Waals surface area contributed by atoms with Crippen molar-refractivity contribution in [1.29, 1.82) is 0 Å². The normalized spacial score (nSPS) is 24.1. The lowest BCUT2D eigenvalue weighted by Crippen LogP contribution is -2.67. The van der Waals surface area contributed by atoms with E-state index in [-0.39, 0.29) is 13.2 Å². The standard InChI is InChI=1S/C27H42NO16P/c1-8-10-12-38-45(35,39-13-11-9-2)44-27(25(33)36-7)14-20-22(28(16(3)29)26(34)42-20)24(43-27)23(41-19(6)32)21(40-18(5)31)15-37-17(4)30/h20-24H,8-15H2,1-7H3/t20-,21-,22-,23-,24?,27?/m1/s1. The van der Waals surface area contributed by atoms with Crippen LogP contribution in [0.2, 0.25) is 0 Å². The minimum absolute atomic E-state index is 0.0906. The van der Waals surface area contributed by atoms with Crippen LogP contribution in [0.5, 0.6) is 0 Å². The monoisotopic (exact) mass is 667 g/mol. The van der Waals surface area contributed by atoms with E-state index in [0.29, 0.717) is 30.6 Å². The third kappa shape index (κ3) is 10.2. The van der Waals surface area contributed by atoms with Crippen LogP contribution in [0.1, 0.15) is 73.6 Å². The van der Waals surface area contributed by atoms with E-state index < -0.39 is 93.0 Å². The number of methoxy groups -OCH3 is 1. The Morgan fingerprint density at radius 2 is 1.53 bits per heavy atom. The molecular formula is C27H42NO16P. The maximum absolute atomic E-state index is 14.0. The zero-order chi connectivity index (χ0) is 33.9. The van der Waals surface area contributed by atoms with Gasteiger partial charge in [-0.1, -0.05) is 26.7 Å². The lowest BCUT2D eigenvalue weighted by Gasteiger charge is -2.47. The number of phosphoric ester groups is 1. The second-order valence-corrected chi connectivity index (χ2v) is 11.9. The first-order chi connectivity index (χ1) is 21.1. The van der Waals surface area contributed by atoms with Crippen molar-refractivity contribution in [1.82, 2.24) is 4.90 Å². The summed E-state index contributed by atoms with van der Waals surface area (Å²) in [6, 6.07) is -1.42. The number of unbranched alkanes of at least 4 members (excludes halogenated alkanes) is 2. The van der Waals surface area contributed by atoms with Gasteiger partial charge in [-0.3, -0.25) is 28.2 Å². The van der Waals surface area contributed by atoms with Crippen LogP contribution in [0.15, 0.2) is 0 Å². The van der Waals surface area contributed by atoms with Crippen LogP contribution < -0.4 is 0 Å². The Morgan fingerprint density at radius 1 is 0.956 bits per heavy atom. The Labute approximate surface area is 261 Å². The van der Waals surface area contributed by atoms with Gasteiger partial charge in [0.25, 0.3) is 5.79 Å². The number of carbonyl (C=O) groups is 6. The van der Waals surface area contributed by atoms with Crippen molar-refractivity contribution in [2.45, 2.75) is 110 Å². The summed E-state index contributed by atoms with van der Waals surface area (Å²) in [5.74, 6) is -7.43. The first-order valence-corrected chi connectivity index (χ1v) is 15.9. The number of amides is 2. The molecule has 2 saturated heterocycles. The summed E-state index contributed by atoms with van der Waals surface area (Å²) in [6.45, 7) is 7.02. The van der Waals surface area contributed by atoms with E-state index >= 15 is 0 Å². The molecule has 0 spiro atoms. The molecule has 0 aromatic rings. The van der Waals surface area contributed by atoms with E-state index in [1.807, 2.05) is 13.8 Å². The van der Waals surface area contributed by atoms with Gasteiger partial charge in [0.15, 0.2) is 12.2 Å². The second-order valence-electron chi connectivity index (χ2n) is 10.3. The van der Waals surface area contributed by atoms with Crippen LogP contribution in [-0.2, 0) is 70.5 Å². The van der Waals surface area contributed by atoms with Crippen LogP contribution in [0.25, 0.3) is 0 Å². The third-order valence-corrected chi connectivity index (χ3v) is 8.13. The van der Waals surface area contributed by atoms with Gasteiger partial charge in [-0.15, -0.1) is 0 Å². The summed E-state index contributed by atoms with van der Waals surface area (Å²) < 4.78 is 63.1. The minimum Gasteiger partial charge on any atom is -0.465 e. The Bertz CT molecular complexity index is 1130. The number of hydrogen-bond donors (Lipinski definition) is 0. The molecule has 0 N–H and O–H groups in total. The number of esters is 4. The molecule has 256 valence electrons. The molecule has 2 aliphatic heterocycles. The van der Waals surface area contributed by atoms with E-state index in [1.165, 1.54) is 0 Å². The summed E-state index contributed by atoms with van der Waals surface area (Å²) in [5, 5.41) is 0. The molecule has 0 saturated carbocycles. The highest BCUT2D eigenvalue weighted by molar-refractivity contribution is 7.48. The first-order valence-electron chi connectivity index (χ1n) is 14.5. The molecule has 18 heteroatoms. The van der Waals surface area contributed by atoms with Crippen LogP contribution in [0, 0.1) is 0 Å². The second kappa shape index (κ2) is 17.0. The number of carbonyl (C=O) groups excluding carboxylic acids is 6. The van der Waals surface area contributed by atoms with Crippen LogP contribution in [0.3, 0.4) is 0 Å². The maximum atomic E-state index is 14.0. The van der Waals surface area contributed by atoms with Crippen molar-refractivity contribution in [2.24, 2.45) is 0 Å². The zero-order valence-corrected chi connectivity index (χ0v) is 27.4. The van der Waals surface area contributed by atoms with E-state index in [0.717, 1.165) is 34.8 Å². The molecule has 17 nitrogen and oxygen atoms in total. The van der Waals surface area contributed by atoms with E-state index in [1.54, 1.807) is 0 Å². The molecule has 0 aliphatic carbocycles. The van der Waals surface area contributed by atoms with Gasteiger partial charge in [0.05, 0.1) is 26.7 Å². The fraction of sp³-hybridized carbons (Fsp3) is 0.778. The molecular weight excluding hydrogens is 625 g/mol. The average Bonchev–Trinajstić information content (AvgIpc) is 3.28. The summed E-state index contributed by atoms with van der Waals surface area (Å²) in [7, 11) is -3.65. The molecule has 2 amide bonds. The summed E-state index contributed by atoms with van der Waals surface area (Å²) >= 11 is 0. The van der Waals surface area contributed by atoms with Crippen molar-refractivity contribution in [3.05, 3.63) is 0 Å². The summed E-state index contributed by atoms with van der Waals surface area (Å²) in [6.07, 6.45) is -6.20. The maximum Gasteiger partial charge on any atom is 0.477 e. The number of ether oxygens (including phenoxy) is 6. The van der Waals surface area contributed by atoms with Gasteiger partial charge in [-0.2, -0.15) is 0 Å². The molecule has 0 aromatic carbocycles. The van der Waals surface area contributed by atoms with Gasteiger partial charge in [0.2, 0.25) is 5.91 Å². The smallest absolute Gasteiger partial charge is 0.465 e. The molecule has 6 atom stereocenters. The van der Waals surface area contributed by atoms with Gasteiger partial charge < -0.3 is 28.4 Å². The van der Waals surface area contributed by atoms with E-state index in [9.17, 15) is 33.3 Å². The molecule has 0 bridgehead atoms. The lowest BCUT2D eigenvalue weighted by molar-refractivity contribution is -0.290. The number of imide groups is 1. The number of hydrogen-bond acceptors (Lipinski definition) is 16. The van der Waals surface area contributed by atoms with Crippen molar-refractivity contribution in [3.63, 3.8) is 0 Å². The van der Waals surface area contributed by atoms with Crippen molar-refractivity contribution < 1.29 is 75.3 Å². The van der Waals surface area contributed by atoms with E-state index in [2.05, 4.69) is 0 Å². The highest BCUT2D eigenvalue weighted by Crippen LogP contribution is 2.56. The van der Waals surface area contributed by atoms with Crippen molar-refractivity contribution >= 4 is 43.7 Å². The highest BCUT2D eigenvalue weighted by Gasteiger charge is 2.66. The zero-order valence-electron chi connectivity index (χ0n) is 26.5. The van der Waals surface area contributed by atoms with Gasteiger partial charge >= 0.3 is 37.8 Å². The molecule has 2 aliphatic rings. The molecule has 0 aromatic heterocycles. The minimum atomic E-state index is -4.63. The number of fused-ring (bicyclic) bond motifs is 1. The van der Waals surface area contributed by atoms with Crippen molar-refractivity contribution in [2.75, 3.05) is 26.9 Å². The summed E-state index contributed by atoms with van der Waals surface area (Å²) in [5.41, 5.74) is 0. The molecule has 2 heterocycles. The number of rotatable bonds is 17. The predicted molar refractivity (Wildman–Crippen MR) is 149 cm³/mol. The SMILES string of the molecule is CCCCOP(=O)(OCCCC)OC1(C(=O)OC)C[C@H]2OC(=O)N(C(C)=O)[C@H]2C([C@H](OC(C)=O)[C@@H](COC(C)=O)OC(C)=O)O1. The van der Waals surface area contributed by atoms with E-state index in [4.69, 9.17) is 42.0 Å². The molecule has 0 radical (unpaired) electrons. The van der Waals surface area contributed by atoms with Gasteiger partial charge in [0, 0.05) is 27.7 Å². The van der Waals surface area contributed by atoms with Crippen molar-refractivity contribution in [3.8, 4) is 0 Å². The third-order valence-electron chi connectivity index (χ3n) is 6.61. The topological polar surface area (TPSA) is 206 Å². The Morgan fingerprint density at radius 3 is 2.00 bits per heavy atom. The molecule has 2 rings (SSSR count). The Hall–Kier alpha value is -3.11. The Balaban J connectivity index is 2.76. The molecule has 2 fully saturated rings. The van der Waals surface area contributed by atoms with Gasteiger partial charge in [-0.05, 0) is 12.8 Å². The predicted octanol–water partition coefficient (Wildman–Crippen LogP) is 2.57.